The van der Waals surface area contributed by atoms with E-state index in [0.29, 0.717) is 5.15 Å². The molecule has 0 bridgehead atoms. The molecule has 20 heavy (non-hydrogen) atoms. The molecule has 0 saturated carbocycles. The van der Waals surface area contributed by atoms with Crippen LogP contribution in [-0.2, 0) is 19.5 Å². The number of aromatic nitrogens is 2. The van der Waals surface area contributed by atoms with Crippen LogP contribution in [0.1, 0.15) is 30.7 Å². The number of hydrogen-bond donors (Lipinski definition) is 0. The molecular formula is C16H20ClN3. The van der Waals surface area contributed by atoms with Crippen LogP contribution < -0.4 is 0 Å². The Kier molecular flexibility index (Phi) is 5.50. The third kappa shape index (κ3) is 3.56. The van der Waals surface area contributed by atoms with E-state index in [1.807, 2.05) is 19.9 Å². The van der Waals surface area contributed by atoms with Crippen molar-refractivity contribution in [3.8, 4) is 0 Å². The Hall–Kier alpha value is -1.45. The molecular weight excluding hydrogens is 270 g/mol. The van der Waals surface area contributed by atoms with E-state index in [0.717, 1.165) is 37.3 Å². The van der Waals surface area contributed by atoms with Crippen molar-refractivity contribution in [2.24, 2.45) is 0 Å². The Morgan fingerprint density at radius 3 is 2.65 bits per heavy atom. The number of nitrogens with zero attached hydrogens (tertiary/aromatic N) is 3. The number of hydrogen-bond acceptors (Lipinski definition) is 3. The quantitative estimate of drug-likeness (QED) is 0.789. The van der Waals surface area contributed by atoms with Crippen LogP contribution in [0.4, 0.5) is 0 Å². The molecule has 4 heteroatoms. The summed E-state index contributed by atoms with van der Waals surface area (Å²) >= 11 is 6.13. The first-order valence-electron chi connectivity index (χ1n) is 7.07. The minimum Gasteiger partial charge on any atom is -0.294 e. The highest BCUT2D eigenvalue weighted by molar-refractivity contribution is 6.30. The Bertz CT molecular complexity index is 543. The standard InChI is InChI=1S/C14H14ClN3.C2H6/c15-14-12-9-18(7-6-13(12)16-10-17-14)8-11-4-2-1-3-5-11;1-2/h1-5,10H,6-9H2;1-2H3. The number of rotatable bonds is 2. The van der Waals surface area contributed by atoms with E-state index < -0.39 is 0 Å². The summed E-state index contributed by atoms with van der Waals surface area (Å²) in [6.07, 6.45) is 2.50. The van der Waals surface area contributed by atoms with Crippen molar-refractivity contribution in [1.29, 1.82) is 0 Å². The average molecular weight is 290 g/mol. The first-order valence-corrected chi connectivity index (χ1v) is 7.45. The van der Waals surface area contributed by atoms with Crippen LogP contribution in [0.5, 0.6) is 0 Å². The second kappa shape index (κ2) is 7.36. The fourth-order valence-electron chi connectivity index (χ4n) is 2.34. The Balaban J connectivity index is 0.000000704. The Morgan fingerprint density at radius 1 is 1.15 bits per heavy atom. The molecule has 2 aromatic rings. The van der Waals surface area contributed by atoms with E-state index in [1.165, 1.54) is 5.56 Å². The lowest BCUT2D eigenvalue weighted by atomic mass is 10.1. The second-order valence-electron chi connectivity index (χ2n) is 4.54. The highest BCUT2D eigenvalue weighted by Gasteiger charge is 2.20. The maximum Gasteiger partial charge on any atom is 0.137 e. The molecule has 0 N–H and O–H groups in total. The second-order valence-corrected chi connectivity index (χ2v) is 4.89. The van der Waals surface area contributed by atoms with Gasteiger partial charge in [0.15, 0.2) is 0 Å². The minimum atomic E-state index is 0.595. The molecule has 1 aromatic heterocycles. The summed E-state index contributed by atoms with van der Waals surface area (Å²) in [5.74, 6) is 0. The van der Waals surface area contributed by atoms with Crippen molar-refractivity contribution in [3.63, 3.8) is 0 Å². The lowest BCUT2D eigenvalue weighted by Crippen LogP contribution is -2.31. The normalized spacial score (nSPS) is 14.2. The maximum atomic E-state index is 6.13. The smallest absolute Gasteiger partial charge is 0.137 e. The van der Waals surface area contributed by atoms with Gasteiger partial charge in [-0.2, -0.15) is 0 Å². The van der Waals surface area contributed by atoms with Crippen LogP contribution in [0.2, 0.25) is 5.15 Å². The molecule has 1 aliphatic rings. The van der Waals surface area contributed by atoms with Gasteiger partial charge in [0.2, 0.25) is 0 Å². The van der Waals surface area contributed by atoms with E-state index in [-0.39, 0.29) is 0 Å². The molecule has 0 aliphatic carbocycles. The van der Waals surface area contributed by atoms with Crippen LogP contribution in [0, 0.1) is 0 Å². The SMILES string of the molecule is CC.Clc1ncnc2c1CN(Cc1ccccc1)CC2. The topological polar surface area (TPSA) is 29.0 Å². The minimum absolute atomic E-state index is 0.595. The molecule has 0 saturated heterocycles. The molecule has 0 amide bonds. The van der Waals surface area contributed by atoms with Gasteiger partial charge in [0.25, 0.3) is 0 Å². The van der Waals surface area contributed by atoms with Gasteiger partial charge in [-0.1, -0.05) is 55.8 Å². The van der Waals surface area contributed by atoms with Crippen molar-refractivity contribution in [3.05, 3.63) is 58.6 Å². The van der Waals surface area contributed by atoms with E-state index >= 15 is 0 Å². The first kappa shape index (κ1) is 14.9. The summed E-state index contributed by atoms with van der Waals surface area (Å²) in [7, 11) is 0. The van der Waals surface area contributed by atoms with Crippen LogP contribution in [0.25, 0.3) is 0 Å². The molecule has 1 aliphatic heterocycles. The van der Waals surface area contributed by atoms with Crippen molar-refractivity contribution in [2.45, 2.75) is 33.4 Å². The van der Waals surface area contributed by atoms with Crippen LogP contribution >= 0.6 is 11.6 Å². The first-order chi connectivity index (χ1) is 9.83. The predicted molar refractivity (Wildman–Crippen MR) is 82.7 cm³/mol. The fourth-order valence-corrected chi connectivity index (χ4v) is 2.55. The van der Waals surface area contributed by atoms with E-state index in [1.54, 1.807) is 6.33 Å². The van der Waals surface area contributed by atoms with Gasteiger partial charge in [-0.15, -0.1) is 0 Å². The number of benzene rings is 1. The predicted octanol–water partition coefficient (Wildman–Crippen LogP) is 3.71. The molecule has 0 spiro atoms. The third-order valence-corrected chi connectivity index (χ3v) is 3.60. The zero-order valence-corrected chi connectivity index (χ0v) is 12.8. The van der Waals surface area contributed by atoms with Gasteiger partial charge in [-0.3, -0.25) is 4.90 Å². The number of fused-ring (bicyclic) bond motifs is 1. The maximum absolute atomic E-state index is 6.13. The van der Waals surface area contributed by atoms with Gasteiger partial charge in [0, 0.05) is 31.6 Å². The van der Waals surface area contributed by atoms with Gasteiger partial charge in [-0.05, 0) is 5.56 Å². The summed E-state index contributed by atoms with van der Waals surface area (Å²) < 4.78 is 0. The zero-order valence-electron chi connectivity index (χ0n) is 12.0. The molecule has 1 aromatic carbocycles. The summed E-state index contributed by atoms with van der Waals surface area (Å²) in [6.45, 7) is 6.81. The highest BCUT2D eigenvalue weighted by atomic mass is 35.5. The van der Waals surface area contributed by atoms with Crippen molar-refractivity contribution >= 4 is 11.6 Å². The Labute approximate surface area is 125 Å². The summed E-state index contributed by atoms with van der Waals surface area (Å²) in [5, 5.41) is 0.595. The summed E-state index contributed by atoms with van der Waals surface area (Å²) in [4.78, 5) is 10.7. The van der Waals surface area contributed by atoms with Crippen LogP contribution in [0.3, 0.4) is 0 Å². The molecule has 0 atom stereocenters. The van der Waals surface area contributed by atoms with Crippen LogP contribution in [-0.4, -0.2) is 21.4 Å². The molecule has 3 nitrogen and oxygen atoms in total. The molecule has 106 valence electrons. The molecule has 2 heterocycles. The van der Waals surface area contributed by atoms with Crippen molar-refractivity contribution in [2.75, 3.05) is 6.54 Å². The van der Waals surface area contributed by atoms with Crippen LogP contribution in [0.15, 0.2) is 36.7 Å². The fraction of sp³-hybridized carbons (Fsp3) is 0.375. The number of halogens is 1. The third-order valence-electron chi connectivity index (χ3n) is 3.28. The molecule has 0 fully saturated rings. The lowest BCUT2D eigenvalue weighted by molar-refractivity contribution is 0.243. The van der Waals surface area contributed by atoms with E-state index in [4.69, 9.17) is 11.6 Å². The monoisotopic (exact) mass is 289 g/mol. The largest absolute Gasteiger partial charge is 0.294 e. The average Bonchev–Trinajstić information content (AvgIpc) is 2.51. The van der Waals surface area contributed by atoms with Gasteiger partial charge in [0.05, 0.1) is 5.69 Å². The van der Waals surface area contributed by atoms with E-state index in [9.17, 15) is 0 Å². The summed E-state index contributed by atoms with van der Waals surface area (Å²) in [6, 6.07) is 10.5. The molecule has 0 radical (unpaired) electrons. The van der Waals surface area contributed by atoms with Crippen molar-refractivity contribution < 1.29 is 0 Å². The lowest BCUT2D eigenvalue weighted by Gasteiger charge is -2.28. The Morgan fingerprint density at radius 2 is 1.90 bits per heavy atom. The van der Waals surface area contributed by atoms with Gasteiger partial charge >= 0.3 is 0 Å². The van der Waals surface area contributed by atoms with Gasteiger partial charge < -0.3 is 0 Å². The zero-order chi connectivity index (χ0) is 14.4. The van der Waals surface area contributed by atoms with Gasteiger partial charge in [0.1, 0.15) is 11.5 Å². The van der Waals surface area contributed by atoms with Gasteiger partial charge in [-0.25, -0.2) is 9.97 Å². The van der Waals surface area contributed by atoms with E-state index in [2.05, 4.69) is 39.1 Å². The summed E-state index contributed by atoms with van der Waals surface area (Å²) in [5.41, 5.74) is 3.51. The highest BCUT2D eigenvalue weighted by Crippen LogP contribution is 2.23. The molecule has 0 unspecified atom stereocenters. The molecule has 3 rings (SSSR count). The van der Waals surface area contributed by atoms with Crippen molar-refractivity contribution in [1.82, 2.24) is 14.9 Å².